The SMILES string of the molecule is CCNC(=NCc1ccccc1S(=O)(=O)N(C)C)N1CCN(c2cccs2)CC1. The highest BCUT2D eigenvalue weighted by atomic mass is 32.2. The van der Waals surface area contributed by atoms with E-state index in [0.29, 0.717) is 17.0 Å². The molecule has 7 nitrogen and oxygen atoms in total. The normalized spacial score (nSPS) is 15.8. The lowest BCUT2D eigenvalue weighted by Crippen LogP contribution is -2.52. The quantitative estimate of drug-likeness (QED) is 0.557. The maximum Gasteiger partial charge on any atom is 0.242 e. The third kappa shape index (κ3) is 5.09. The number of sulfonamides is 1. The Kier molecular flexibility index (Phi) is 7.15. The van der Waals surface area contributed by atoms with Crippen LogP contribution in [-0.4, -0.2) is 70.4 Å². The first-order valence-corrected chi connectivity index (χ1v) is 12.1. The monoisotopic (exact) mass is 435 g/mol. The number of benzene rings is 1. The van der Waals surface area contributed by atoms with Gasteiger partial charge in [-0.25, -0.2) is 17.7 Å². The van der Waals surface area contributed by atoms with Gasteiger partial charge in [-0.05, 0) is 36.1 Å². The summed E-state index contributed by atoms with van der Waals surface area (Å²) in [5.41, 5.74) is 0.703. The van der Waals surface area contributed by atoms with Crippen molar-refractivity contribution in [1.29, 1.82) is 0 Å². The number of nitrogens with zero attached hydrogens (tertiary/aromatic N) is 4. The number of hydrogen-bond acceptors (Lipinski definition) is 5. The van der Waals surface area contributed by atoms with E-state index >= 15 is 0 Å². The molecule has 1 saturated heterocycles. The third-order valence-corrected chi connectivity index (χ3v) is 7.71. The summed E-state index contributed by atoms with van der Waals surface area (Å²) < 4.78 is 26.5. The van der Waals surface area contributed by atoms with Crippen LogP contribution in [0.1, 0.15) is 12.5 Å². The molecule has 1 fully saturated rings. The maximum absolute atomic E-state index is 12.6. The van der Waals surface area contributed by atoms with Gasteiger partial charge in [0.2, 0.25) is 10.0 Å². The summed E-state index contributed by atoms with van der Waals surface area (Å²) in [5.74, 6) is 0.829. The van der Waals surface area contributed by atoms with Gasteiger partial charge in [-0.2, -0.15) is 0 Å². The first-order valence-electron chi connectivity index (χ1n) is 9.75. The van der Waals surface area contributed by atoms with Crippen molar-refractivity contribution in [2.75, 3.05) is 51.7 Å². The number of hydrogen-bond donors (Lipinski definition) is 1. The summed E-state index contributed by atoms with van der Waals surface area (Å²) in [6.45, 7) is 6.76. The van der Waals surface area contributed by atoms with Gasteiger partial charge in [-0.1, -0.05) is 18.2 Å². The maximum atomic E-state index is 12.6. The Morgan fingerprint density at radius 2 is 1.86 bits per heavy atom. The van der Waals surface area contributed by atoms with Gasteiger partial charge in [0, 0.05) is 46.8 Å². The zero-order valence-electron chi connectivity index (χ0n) is 17.2. The molecule has 9 heteroatoms. The number of thiophene rings is 1. The van der Waals surface area contributed by atoms with Gasteiger partial charge in [0.15, 0.2) is 5.96 Å². The van der Waals surface area contributed by atoms with E-state index in [9.17, 15) is 8.42 Å². The fraction of sp³-hybridized carbons (Fsp3) is 0.450. The molecule has 0 saturated carbocycles. The van der Waals surface area contributed by atoms with Crippen LogP contribution < -0.4 is 10.2 Å². The second-order valence-electron chi connectivity index (χ2n) is 6.99. The van der Waals surface area contributed by atoms with E-state index in [-0.39, 0.29) is 0 Å². The number of rotatable bonds is 6. The molecule has 2 aromatic rings. The van der Waals surface area contributed by atoms with Crippen LogP contribution in [0.25, 0.3) is 0 Å². The lowest BCUT2D eigenvalue weighted by molar-refractivity contribution is 0.373. The molecule has 1 aliphatic heterocycles. The number of anilines is 1. The minimum atomic E-state index is -3.50. The highest BCUT2D eigenvalue weighted by Crippen LogP contribution is 2.23. The number of aliphatic imine (C=N–C) groups is 1. The Labute approximate surface area is 177 Å². The molecular formula is C20H29N5O2S2. The van der Waals surface area contributed by atoms with E-state index in [2.05, 4.69) is 32.6 Å². The van der Waals surface area contributed by atoms with E-state index in [1.54, 1.807) is 37.6 Å². The molecule has 0 bridgehead atoms. The average molecular weight is 436 g/mol. The van der Waals surface area contributed by atoms with Crippen molar-refractivity contribution in [1.82, 2.24) is 14.5 Å². The van der Waals surface area contributed by atoms with Crippen molar-refractivity contribution in [3.05, 3.63) is 47.3 Å². The van der Waals surface area contributed by atoms with E-state index in [4.69, 9.17) is 4.99 Å². The lowest BCUT2D eigenvalue weighted by Gasteiger charge is -2.37. The standard InChI is InChI=1S/C20H29N5O2S2/c1-4-21-20(25-13-11-24(12-14-25)19-10-7-15-28-19)22-16-17-8-5-6-9-18(17)29(26,27)23(2)3/h5-10,15H,4,11-14,16H2,1-3H3,(H,21,22). The molecule has 1 aromatic heterocycles. The van der Waals surface area contributed by atoms with Crippen molar-refractivity contribution < 1.29 is 8.42 Å². The largest absolute Gasteiger partial charge is 0.360 e. The van der Waals surface area contributed by atoms with Crippen LogP contribution in [-0.2, 0) is 16.6 Å². The Hall–Kier alpha value is -2.10. The minimum Gasteiger partial charge on any atom is -0.360 e. The van der Waals surface area contributed by atoms with E-state index in [1.807, 2.05) is 19.1 Å². The summed E-state index contributed by atoms with van der Waals surface area (Å²) in [7, 11) is -0.404. The summed E-state index contributed by atoms with van der Waals surface area (Å²) >= 11 is 1.76. The van der Waals surface area contributed by atoms with Crippen LogP contribution in [0.5, 0.6) is 0 Å². The molecule has 29 heavy (non-hydrogen) atoms. The summed E-state index contributed by atoms with van der Waals surface area (Å²) in [5, 5.41) is 6.76. The molecule has 0 amide bonds. The summed E-state index contributed by atoms with van der Waals surface area (Å²) in [4.78, 5) is 9.71. The molecule has 1 aromatic carbocycles. The molecule has 0 unspecified atom stereocenters. The fourth-order valence-electron chi connectivity index (χ4n) is 3.26. The topological polar surface area (TPSA) is 68.2 Å². The van der Waals surface area contributed by atoms with Crippen LogP contribution in [0.2, 0.25) is 0 Å². The second kappa shape index (κ2) is 9.60. The van der Waals surface area contributed by atoms with Gasteiger partial charge in [0.05, 0.1) is 16.4 Å². The molecule has 1 N–H and O–H groups in total. The number of nitrogens with one attached hydrogen (secondary N) is 1. The Balaban J connectivity index is 1.74. The van der Waals surface area contributed by atoms with Crippen molar-refractivity contribution >= 4 is 32.3 Å². The minimum absolute atomic E-state index is 0.312. The highest BCUT2D eigenvalue weighted by Gasteiger charge is 2.22. The predicted octanol–water partition coefficient (Wildman–Crippen LogP) is 2.29. The van der Waals surface area contributed by atoms with Crippen molar-refractivity contribution in [2.24, 2.45) is 4.99 Å². The highest BCUT2D eigenvalue weighted by molar-refractivity contribution is 7.89. The molecule has 3 rings (SSSR count). The van der Waals surface area contributed by atoms with Gasteiger partial charge in [-0.15, -0.1) is 11.3 Å². The molecular weight excluding hydrogens is 406 g/mol. The predicted molar refractivity (Wildman–Crippen MR) is 120 cm³/mol. The fourth-order valence-corrected chi connectivity index (χ4v) is 5.15. The second-order valence-corrected chi connectivity index (χ2v) is 10.0. The first-order chi connectivity index (χ1) is 13.9. The van der Waals surface area contributed by atoms with Crippen molar-refractivity contribution in [3.63, 3.8) is 0 Å². The Morgan fingerprint density at radius 3 is 2.48 bits per heavy atom. The molecule has 158 valence electrons. The molecule has 2 heterocycles. The van der Waals surface area contributed by atoms with E-state index < -0.39 is 10.0 Å². The van der Waals surface area contributed by atoms with E-state index in [1.165, 1.54) is 9.31 Å². The van der Waals surface area contributed by atoms with Gasteiger partial charge < -0.3 is 15.1 Å². The van der Waals surface area contributed by atoms with Crippen LogP contribution in [0.15, 0.2) is 51.7 Å². The Bertz CT molecular complexity index is 918. The smallest absolute Gasteiger partial charge is 0.242 e. The van der Waals surface area contributed by atoms with Crippen LogP contribution in [0.4, 0.5) is 5.00 Å². The van der Waals surface area contributed by atoms with Crippen molar-refractivity contribution in [3.8, 4) is 0 Å². The van der Waals surface area contributed by atoms with Gasteiger partial charge in [-0.3, -0.25) is 0 Å². The first kappa shape index (κ1) is 21.6. The lowest BCUT2D eigenvalue weighted by atomic mass is 10.2. The molecule has 0 spiro atoms. The number of piperazine rings is 1. The zero-order valence-corrected chi connectivity index (χ0v) is 18.8. The van der Waals surface area contributed by atoms with Gasteiger partial charge in [0.1, 0.15) is 0 Å². The summed E-state index contributed by atoms with van der Waals surface area (Å²) in [6.07, 6.45) is 0. The molecule has 0 atom stereocenters. The average Bonchev–Trinajstić information content (AvgIpc) is 3.26. The Morgan fingerprint density at radius 1 is 1.14 bits per heavy atom. The van der Waals surface area contributed by atoms with Crippen LogP contribution >= 0.6 is 11.3 Å². The van der Waals surface area contributed by atoms with Crippen LogP contribution in [0, 0.1) is 0 Å². The third-order valence-electron chi connectivity index (χ3n) is 4.86. The zero-order chi connectivity index (χ0) is 20.9. The van der Waals surface area contributed by atoms with Crippen molar-refractivity contribution in [2.45, 2.75) is 18.4 Å². The number of guanidine groups is 1. The van der Waals surface area contributed by atoms with E-state index in [0.717, 1.165) is 38.7 Å². The molecule has 0 aliphatic carbocycles. The van der Waals surface area contributed by atoms with Gasteiger partial charge >= 0.3 is 0 Å². The van der Waals surface area contributed by atoms with Crippen LogP contribution in [0.3, 0.4) is 0 Å². The summed E-state index contributed by atoms with van der Waals surface area (Å²) in [6, 6.07) is 11.3. The molecule has 1 aliphatic rings. The molecule has 0 radical (unpaired) electrons. The van der Waals surface area contributed by atoms with Gasteiger partial charge in [0.25, 0.3) is 0 Å².